The predicted octanol–water partition coefficient (Wildman–Crippen LogP) is 1.40. The maximum Gasteiger partial charge on any atom is 0.0242 e. The van der Waals surface area contributed by atoms with Gasteiger partial charge in [0.2, 0.25) is 0 Å². The lowest BCUT2D eigenvalue weighted by atomic mass is 10.4. The fourth-order valence-electron chi connectivity index (χ4n) is 0.810. The molecule has 0 aromatic rings. The molecule has 9 heavy (non-hydrogen) atoms. The van der Waals surface area contributed by atoms with E-state index in [4.69, 9.17) is 0 Å². The van der Waals surface area contributed by atoms with E-state index in [1.54, 1.807) is 0 Å². The number of nitrogens with zero attached hydrogens (tertiary/aromatic N) is 1. The van der Waals surface area contributed by atoms with Gasteiger partial charge in [-0.15, -0.1) is 0 Å². The van der Waals surface area contributed by atoms with Crippen molar-refractivity contribution >= 4 is 0 Å². The fourth-order valence-corrected chi connectivity index (χ4v) is 0.810. The van der Waals surface area contributed by atoms with E-state index < -0.39 is 0 Å². The Kier molecular flexibility index (Phi) is 5.99. The lowest BCUT2D eigenvalue weighted by Gasteiger charge is -2.18. The van der Waals surface area contributed by atoms with Crippen molar-refractivity contribution in [1.29, 1.82) is 0 Å². The van der Waals surface area contributed by atoms with Crippen LogP contribution in [-0.4, -0.2) is 18.1 Å². The van der Waals surface area contributed by atoms with E-state index in [1.807, 2.05) is 0 Å². The lowest BCUT2D eigenvalue weighted by Crippen LogP contribution is -2.34. The zero-order chi connectivity index (χ0) is 7.11. The van der Waals surface area contributed by atoms with Crippen molar-refractivity contribution in [2.45, 2.75) is 26.7 Å². The van der Waals surface area contributed by atoms with E-state index in [0.29, 0.717) is 0 Å². The van der Waals surface area contributed by atoms with E-state index in [1.165, 1.54) is 12.8 Å². The molecule has 2 nitrogen and oxygen atoms in total. The first-order valence-corrected chi connectivity index (χ1v) is 3.62. The molecule has 0 heterocycles. The first-order valence-electron chi connectivity index (χ1n) is 3.62. The largest absolute Gasteiger partial charge is 0.254 e. The molecule has 0 saturated heterocycles. The summed E-state index contributed by atoms with van der Waals surface area (Å²) in [6, 6.07) is 0. The highest BCUT2D eigenvalue weighted by Gasteiger charge is 1.95. The summed E-state index contributed by atoms with van der Waals surface area (Å²) >= 11 is 0. The minimum atomic E-state index is 1.09. The quantitative estimate of drug-likeness (QED) is 0.564. The molecule has 0 rings (SSSR count). The molecule has 1 radical (unpaired) electrons. The second kappa shape index (κ2) is 6.05. The van der Waals surface area contributed by atoms with Crippen molar-refractivity contribution in [3.05, 3.63) is 7.05 Å². The molecule has 1 N–H and O–H groups in total. The van der Waals surface area contributed by atoms with Crippen LogP contribution in [0.1, 0.15) is 26.7 Å². The van der Waals surface area contributed by atoms with Crippen LogP contribution < -0.4 is 5.43 Å². The van der Waals surface area contributed by atoms with Crippen LogP contribution in [0.25, 0.3) is 0 Å². The molecule has 0 unspecified atom stereocenters. The van der Waals surface area contributed by atoms with Crippen molar-refractivity contribution in [2.24, 2.45) is 0 Å². The zero-order valence-electron chi connectivity index (χ0n) is 6.48. The van der Waals surface area contributed by atoms with Crippen LogP contribution in [0.2, 0.25) is 0 Å². The van der Waals surface area contributed by atoms with Gasteiger partial charge in [-0.05, 0) is 12.8 Å². The third kappa shape index (κ3) is 4.43. The van der Waals surface area contributed by atoms with Crippen LogP contribution in [0.3, 0.4) is 0 Å². The van der Waals surface area contributed by atoms with Crippen molar-refractivity contribution in [3.8, 4) is 0 Å². The van der Waals surface area contributed by atoms with Crippen LogP contribution in [-0.2, 0) is 0 Å². The number of rotatable bonds is 5. The summed E-state index contributed by atoms with van der Waals surface area (Å²) in [7, 11) is 3.60. The molecular formula is C7H17N2. The normalized spacial score (nSPS) is 10.7. The molecule has 0 aliphatic carbocycles. The minimum absolute atomic E-state index is 1.09. The van der Waals surface area contributed by atoms with Crippen molar-refractivity contribution in [3.63, 3.8) is 0 Å². The number of nitrogens with one attached hydrogen (secondary N) is 1. The van der Waals surface area contributed by atoms with E-state index in [0.717, 1.165) is 13.1 Å². The molecule has 0 aliphatic rings. The standard InChI is InChI=1S/C7H17N2/c1-4-6-9(8-3)7-5-2/h8H,3-7H2,1-2H3. The molecular weight excluding hydrogens is 112 g/mol. The average molecular weight is 129 g/mol. The van der Waals surface area contributed by atoms with Crippen LogP contribution in [0.15, 0.2) is 0 Å². The molecule has 0 spiro atoms. The number of hydrogen-bond donors (Lipinski definition) is 1. The van der Waals surface area contributed by atoms with Crippen LogP contribution in [0.4, 0.5) is 0 Å². The average Bonchev–Trinajstić information content (AvgIpc) is 1.88. The Balaban J connectivity index is 3.18. The van der Waals surface area contributed by atoms with Gasteiger partial charge < -0.3 is 0 Å². The van der Waals surface area contributed by atoms with E-state index in [9.17, 15) is 0 Å². The minimum Gasteiger partial charge on any atom is -0.254 e. The Bertz CT molecular complexity index is 48.9. The molecule has 0 amide bonds. The number of hydrogen-bond acceptors (Lipinski definition) is 2. The van der Waals surface area contributed by atoms with Gasteiger partial charge in [0.15, 0.2) is 0 Å². The number of hydrazine groups is 1. The lowest BCUT2D eigenvalue weighted by molar-refractivity contribution is 0.220. The van der Waals surface area contributed by atoms with Gasteiger partial charge in [0.05, 0.1) is 0 Å². The highest BCUT2D eigenvalue weighted by molar-refractivity contribution is 4.47. The van der Waals surface area contributed by atoms with Gasteiger partial charge in [-0.1, -0.05) is 13.8 Å². The Hall–Kier alpha value is -0.0800. The molecule has 0 saturated carbocycles. The maximum atomic E-state index is 3.60. The molecule has 0 aromatic heterocycles. The topological polar surface area (TPSA) is 15.3 Å². The van der Waals surface area contributed by atoms with Gasteiger partial charge in [-0.2, -0.15) is 0 Å². The van der Waals surface area contributed by atoms with Crippen molar-refractivity contribution in [2.75, 3.05) is 13.1 Å². The Morgan fingerprint density at radius 2 is 1.67 bits per heavy atom. The summed E-state index contributed by atoms with van der Waals surface area (Å²) in [5, 5.41) is 2.12. The van der Waals surface area contributed by atoms with Gasteiger partial charge in [0, 0.05) is 20.1 Å². The maximum absolute atomic E-state index is 3.60. The van der Waals surface area contributed by atoms with E-state index in [-0.39, 0.29) is 0 Å². The zero-order valence-corrected chi connectivity index (χ0v) is 6.48. The molecule has 55 valence electrons. The van der Waals surface area contributed by atoms with Gasteiger partial charge >= 0.3 is 0 Å². The highest BCUT2D eigenvalue weighted by atomic mass is 15.5. The molecule has 0 bridgehead atoms. The first-order chi connectivity index (χ1) is 4.35. The van der Waals surface area contributed by atoms with Crippen molar-refractivity contribution in [1.82, 2.24) is 10.4 Å². The third-order valence-electron chi connectivity index (χ3n) is 1.21. The SMILES string of the molecule is [CH2]NN(CCC)CCC. The molecule has 0 atom stereocenters. The molecule has 0 aromatic carbocycles. The van der Waals surface area contributed by atoms with E-state index >= 15 is 0 Å². The summed E-state index contributed by atoms with van der Waals surface area (Å²) in [5.74, 6) is 0. The summed E-state index contributed by atoms with van der Waals surface area (Å²) in [6.07, 6.45) is 2.37. The van der Waals surface area contributed by atoms with E-state index in [2.05, 4.69) is 31.3 Å². The highest BCUT2D eigenvalue weighted by Crippen LogP contribution is 1.87. The summed E-state index contributed by atoms with van der Waals surface area (Å²) in [4.78, 5) is 0. The van der Waals surface area contributed by atoms with Crippen molar-refractivity contribution < 1.29 is 0 Å². The summed E-state index contributed by atoms with van der Waals surface area (Å²) in [5.41, 5.74) is 2.89. The van der Waals surface area contributed by atoms with Gasteiger partial charge in [-0.3, -0.25) is 5.43 Å². The monoisotopic (exact) mass is 129 g/mol. The molecule has 0 aliphatic heterocycles. The predicted molar refractivity (Wildman–Crippen MR) is 40.6 cm³/mol. The second-order valence-corrected chi connectivity index (χ2v) is 2.15. The smallest absolute Gasteiger partial charge is 0.0242 e. The Labute approximate surface area is 58.2 Å². The summed E-state index contributed by atoms with van der Waals surface area (Å²) < 4.78 is 0. The fraction of sp³-hybridized carbons (Fsp3) is 0.857. The summed E-state index contributed by atoms with van der Waals surface area (Å²) in [6.45, 7) is 6.52. The van der Waals surface area contributed by atoms with Crippen LogP contribution in [0.5, 0.6) is 0 Å². The first kappa shape index (κ1) is 8.92. The Morgan fingerprint density at radius 1 is 1.22 bits per heavy atom. The van der Waals surface area contributed by atoms with Crippen LogP contribution in [0, 0.1) is 7.05 Å². The van der Waals surface area contributed by atoms with Gasteiger partial charge in [0.25, 0.3) is 0 Å². The molecule has 0 fully saturated rings. The molecule has 2 heteroatoms. The Morgan fingerprint density at radius 3 is 1.89 bits per heavy atom. The van der Waals surface area contributed by atoms with Gasteiger partial charge in [0.1, 0.15) is 0 Å². The van der Waals surface area contributed by atoms with Crippen LogP contribution >= 0.6 is 0 Å². The second-order valence-electron chi connectivity index (χ2n) is 2.15. The third-order valence-corrected chi connectivity index (χ3v) is 1.21. The van der Waals surface area contributed by atoms with Gasteiger partial charge in [-0.25, -0.2) is 5.01 Å².